The molecule has 0 aromatic heterocycles. The van der Waals surface area contributed by atoms with Crippen LogP contribution in [-0.4, -0.2) is 52.4 Å². The second-order valence-corrected chi connectivity index (χ2v) is 8.84. The van der Waals surface area contributed by atoms with E-state index in [0.717, 1.165) is 12.0 Å². The van der Waals surface area contributed by atoms with Gasteiger partial charge in [0.25, 0.3) is 5.91 Å². The number of hydrogen-bond donors (Lipinski definition) is 1. The summed E-state index contributed by atoms with van der Waals surface area (Å²) in [5.74, 6) is 0.219. The van der Waals surface area contributed by atoms with Gasteiger partial charge in [-0.3, -0.25) is 14.4 Å². The molecule has 1 spiro atoms. The summed E-state index contributed by atoms with van der Waals surface area (Å²) < 4.78 is 6.20. The number of nitrogens with one attached hydrogen (secondary N) is 1. The summed E-state index contributed by atoms with van der Waals surface area (Å²) in [4.78, 5) is 42.4. The third-order valence-electron chi connectivity index (χ3n) is 6.87. The average Bonchev–Trinajstić information content (AvgIpc) is 2.96. The molecule has 0 saturated carbocycles. The van der Waals surface area contributed by atoms with E-state index in [-0.39, 0.29) is 24.1 Å². The number of carbonyl (C=O) groups excluding carboxylic acids is 3. The van der Waals surface area contributed by atoms with Crippen LogP contribution in [0.4, 0.5) is 0 Å². The quantitative estimate of drug-likeness (QED) is 0.789. The maximum absolute atomic E-state index is 13.3. The minimum atomic E-state index is -0.928. The van der Waals surface area contributed by atoms with Crippen molar-refractivity contribution in [3.05, 3.63) is 65.2 Å². The van der Waals surface area contributed by atoms with E-state index in [2.05, 4.69) is 17.4 Å². The fourth-order valence-electron chi connectivity index (χ4n) is 4.97. The molecular weight excluding hydrogens is 406 g/mol. The fraction of sp³-hybridized carbons (Fsp3) is 0.400. The van der Waals surface area contributed by atoms with Gasteiger partial charge < -0.3 is 19.9 Å². The highest BCUT2D eigenvalue weighted by atomic mass is 16.5. The molecule has 7 nitrogen and oxygen atoms in total. The predicted molar refractivity (Wildman–Crippen MR) is 118 cm³/mol. The SMILES string of the molecule is C[C@H](C(=O)N1CCc2ccccc2C1)N1CC[C@]2(CCC1=O)NC(=O)c1ccccc1O2. The Morgan fingerprint density at radius 2 is 1.75 bits per heavy atom. The Labute approximate surface area is 187 Å². The van der Waals surface area contributed by atoms with Gasteiger partial charge in [-0.05, 0) is 36.6 Å². The number of fused-ring (bicyclic) bond motifs is 2. The lowest BCUT2D eigenvalue weighted by atomic mass is 9.99. The molecule has 0 radical (unpaired) electrons. The fourth-order valence-corrected chi connectivity index (χ4v) is 4.97. The molecule has 166 valence electrons. The van der Waals surface area contributed by atoms with Gasteiger partial charge in [0.15, 0.2) is 5.72 Å². The monoisotopic (exact) mass is 433 g/mol. The number of likely N-dealkylation sites (tertiary alicyclic amines) is 1. The van der Waals surface area contributed by atoms with E-state index >= 15 is 0 Å². The maximum Gasteiger partial charge on any atom is 0.258 e. The molecule has 1 saturated heterocycles. The largest absolute Gasteiger partial charge is 0.467 e. The topological polar surface area (TPSA) is 79.0 Å². The van der Waals surface area contributed by atoms with Gasteiger partial charge in [0.2, 0.25) is 11.8 Å². The standard InChI is InChI=1S/C25H27N3O4/c1-17(24(31)27-14-11-18-6-2-3-7-19(18)16-27)28-15-13-25(12-10-22(28)29)26-23(30)20-8-4-5-9-21(20)32-25/h2-9,17H,10-16H2,1H3,(H,26,30)/t17-,25-/m1/s1. The van der Waals surface area contributed by atoms with E-state index in [9.17, 15) is 14.4 Å². The van der Waals surface area contributed by atoms with Crippen molar-refractivity contribution < 1.29 is 19.1 Å². The molecule has 32 heavy (non-hydrogen) atoms. The number of benzene rings is 2. The third kappa shape index (κ3) is 3.61. The van der Waals surface area contributed by atoms with Crippen LogP contribution in [0.5, 0.6) is 5.75 Å². The van der Waals surface area contributed by atoms with Crippen LogP contribution < -0.4 is 10.1 Å². The van der Waals surface area contributed by atoms with Gasteiger partial charge in [0.05, 0.1) is 5.56 Å². The van der Waals surface area contributed by atoms with Crippen LogP contribution in [0, 0.1) is 0 Å². The zero-order valence-corrected chi connectivity index (χ0v) is 18.2. The lowest BCUT2D eigenvalue weighted by Crippen LogP contribution is -2.56. The van der Waals surface area contributed by atoms with Gasteiger partial charge in [-0.1, -0.05) is 36.4 Å². The average molecular weight is 434 g/mol. The van der Waals surface area contributed by atoms with Gasteiger partial charge in [-0.15, -0.1) is 0 Å². The number of carbonyl (C=O) groups is 3. The summed E-state index contributed by atoms with van der Waals surface area (Å²) in [6, 6.07) is 14.7. The molecule has 7 heteroatoms. The van der Waals surface area contributed by atoms with Crippen molar-refractivity contribution in [2.45, 2.75) is 50.9 Å². The molecule has 2 atom stereocenters. The number of rotatable bonds is 2. The van der Waals surface area contributed by atoms with Gasteiger partial charge in [0, 0.05) is 38.9 Å². The highest BCUT2D eigenvalue weighted by Crippen LogP contribution is 2.34. The number of para-hydroxylation sites is 1. The molecule has 0 unspecified atom stereocenters. The van der Waals surface area contributed by atoms with Crippen LogP contribution >= 0.6 is 0 Å². The van der Waals surface area contributed by atoms with E-state index in [0.29, 0.717) is 43.8 Å². The van der Waals surface area contributed by atoms with Gasteiger partial charge in [-0.2, -0.15) is 0 Å². The second-order valence-electron chi connectivity index (χ2n) is 8.84. The van der Waals surface area contributed by atoms with Crippen molar-refractivity contribution in [3.63, 3.8) is 0 Å². The zero-order valence-electron chi connectivity index (χ0n) is 18.2. The van der Waals surface area contributed by atoms with E-state index in [1.165, 1.54) is 5.56 Å². The van der Waals surface area contributed by atoms with Crippen molar-refractivity contribution in [3.8, 4) is 5.75 Å². The maximum atomic E-state index is 13.3. The van der Waals surface area contributed by atoms with Gasteiger partial charge >= 0.3 is 0 Å². The highest BCUT2D eigenvalue weighted by Gasteiger charge is 2.44. The second kappa shape index (κ2) is 7.97. The minimum absolute atomic E-state index is 0.0391. The van der Waals surface area contributed by atoms with Crippen LogP contribution in [-0.2, 0) is 22.6 Å². The van der Waals surface area contributed by atoms with E-state index in [1.807, 2.05) is 23.1 Å². The summed E-state index contributed by atoms with van der Waals surface area (Å²) in [6.45, 7) is 3.37. The van der Waals surface area contributed by atoms with Crippen molar-refractivity contribution in [2.75, 3.05) is 13.1 Å². The third-order valence-corrected chi connectivity index (χ3v) is 6.87. The first-order chi connectivity index (χ1) is 15.5. The van der Waals surface area contributed by atoms with E-state index < -0.39 is 11.8 Å². The summed E-state index contributed by atoms with van der Waals surface area (Å²) in [5, 5.41) is 2.98. The normalized spacial score (nSPS) is 23.5. The molecule has 3 amide bonds. The number of nitrogens with zero attached hydrogens (tertiary/aromatic N) is 2. The highest BCUT2D eigenvalue weighted by molar-refractivity contribution is 5.98. The molecule has 2 aromatic rings. The van der Waals surface area contributed by atoms with Crippen LogP contribution in [0.3, 0.4) is 0 Å². The molecule has 1 N–H and O–H groups in total. The molecular formula is C25H27N3O4. The Kier molecular flexibility index (Phi) is 5.12. The zero-order chi connectivity index (χ0) is 22.3. The first-order valence-electron chi connectivity index (χ1n) is 11.2. The van der Waals surface area contributed by atoms with Crippen LogP contribution in [0.1, 0.15) is 47.7 Å². The molecule has 1 fully saturated rings. The van der Waals surface area contributed by atoms with Crippen molar-refractivity contribution in [1.29, 1.82) is 0 Å². The summed E-state index contributed by atoms with van der Waals surface area (Å²) in [6.07, 6.45) is 1.84. The van der Waals surface area contributed by atoms with Crippen LogP contribution in [0.25, 0.3) is 0 Å². The predicted octanol–water partition coefficient (Wildman–Crippen LogP) is 2.49. The van der Waals surface area contributed by atoms with Crippen LogP contribution in [0.2, 0.25) is 0 Å². The van der Waals surface area contributed by atoms with E-state index in [4.69, 9.17) is 4.74 Å². The molecule has 3 heterocycles. The Morgan fingerprint density at radius 3 is 2.59 bits per heavy atom. The minimum Gasteiger partial charge on any atom is -0.467 e. The van der Waals surface area contributed by atoms with Gasteiger partial charge in [-0.25, -0.2) is 0 Å². The van der Waals surface area contributed by atoms with Gasteiger partial charge in [0.1, 0.15) is 11.8 Å². The molecule has 0 bridgehead atoms. The lowest BCUT2D eigenvalue weighted by molar-refractivity contribution is -0.145. The Bertz CT molecular complexity index is 1080. The molecule has 2 aromatic carbocycles. The molecule has 3 aliphatic rings. The smallest absolute Gasteiger partial charge is 0.258 e. The first-order valence-corrected chi connectivity index (χ1v) is 11.2. The summed E-state index contributed by atoms with van der Waals surface area (Å²) in [7, 11) is 0. The summed E-state index contributed by atoms with van der Waals surface area (Å²) >= 11 is 0. The lowest BCUT2D eigenvalue weighted by Gasteiger charge is -2.39. The Morgan fingerprint density at radius 1 is 1.00 bits per heavy atom. The number of hydrogen-bond acceptors (Lipinski definition) is 4. The number of ether oxygens (including phenoxy) is 1. The first kappa shape index (κ1) is 20.5. The molecule has 0 aliphatic carbocycles. The Balaban J connectivity index is 1.30. The van der Waals surface area contributed by atoms with Crippen molar-refractivity contribution in [1.82, 2.24) is 15.1 Å². The number of amides is 3. The van der Waals surface area contributed by atoms with Crippen molar-refractivity contribution in [2.24, 2.45) is 0 Å². The van der Waals surface area contributed by atoms with Crippen LogP contribution in [0.15, 0.2) is 48.5 Å². The Hall–Kier alpha value is -3.35. The molecule has 3 aliphatic heterocycles. The van der Waals surface area contributed by atoms with E-state index in [1.54, 1.807) is 30.0 Å². The summed E-state index contributed by atoms with van der Waals surface area (Å²) in [5.41, 5.74) is 2.02. The van der Waals surface area contributed by atoms with Crippen molar-refractivity contribution >= 4 is 17.7 Å². The molecule has 5 rings (SSSR count).